The summed E-state index contributed by atoms with van der Waals surface area (Å²) in [6.07, 6.45) is 4.31. The molecule has 1 aliphatic carbocycles. The molecular formula is C25H30N6O2S. The fraction of sp³-hybridized carbons (Fsp3) is 0.360. The molecule has 0 radical (unpaired) electrons. The number of primary amides is 1. The molecule has 0 bridgehead atoms. The zero-order valence-electron chi connectivity index (χ0n) is 19.3. The Bertz CT molecular complexity index is 1070. The SMILES string of the molecule is CCNc1ccc(-c2nc(N3CCOCC3)cc(C3(Sc4ccccn4)CC3)n2)cc1.NC=O. The van der Waals surface area contributed by atoms with E-state index in [9.17, 15) is 0 Å². The third-order valence-electron chi connectivity index (χ3n) is 5.68. The summed E-state index contributed by atoms with van der Waals surface area (Å²) in [7, 11) is 0. The van der Waals surface area contributed by atoms with Gasteiger partial charge in [0.2, 0.25) is 6.41 Å². The van der Waals surface area contributed by atoms with Gasteiger partial charge in [0.15, 0.2) is 5.82 Å². The molecule has 0 spiro atoms. The van der Waals surface area contributed by atoms with Crippen molar-refractivity contribution >= 4 is 29.7 Å². The van der Waals surface area contributed by atoms with E-state index in [2.05, 4.69) is 64.3 Å². The highest BCUT2D eigenvalue weighted by atomic mass is 32.2. The number of thioether (sulfide) groups is 1. The van der Waals surface area contributed by atoms with Crippen LogP contribution in [-0.2, 0) is 14.3 Å². The third-order valence-corrected chi connectivity index (χ3v) is 7.14. The van der Waals surface area contributed by atoms with Gasteiger partial charge in [0.05, 0.1) is 28.7 Å². The van der Waals surface area contributed by atoms with Gasteiger partial charge in [-0.2, -0.15) is 0 Å². The number of hydrogen-bond donors (Lipinski definition) is 2. The van der Waals surface area contributed by atoms with Crippen LogP contribution in [0.1, 0.15) is 25.5 Å². The Balaban J connectivity index is 0.000000868. The van der Waals surface area contributed by atoms with E-state index >= 15 is 0 Å². The zero-order valence-corrected chi connectivity index (χ0v) is 20.1. The number of carbonyl (C=O) groups excluding carboxylic acids is 1. The summed E-state index contributed by atoms with van der Waals surface area (Å²) in [5, 5.41) is 4.39. The van der Waals surface area contributed by atoms with Gasteiger partial charge < -0.3 is 20.7 Å². The van der Waals surface area contributed by atoms with Crippen LogP contribution in [-0.4, -0.2) is 54.2 Å². The topological polar surface area (TPSA) is 106 Å². The van der Waals surface area contributed by atoms with Crippen LogP contribution in [0.2, 0.25) is 0 Å². The normalized spacial score (nSPS) is 16.2. The average molecular weight is 479 g/mol. The number of nitrogens with one attached hydrogen (secondary N) is 1. The molecule has 1 saturated carbocycles. The number of morpholine rings is 1. The van der Waals surface area contributed by atoms with Crippen molar-refractivity contribution in [1.82, 2.24) is 15.0 Å². The van der Waals surface area contributed by atoms with E-state index in [1.807, 2.05) is 30.1 Å². The first-order valence-corrected chi connectivity index (χ1v) is 12.3. The molecule has 178 valence electrons. The van der Waals surface area contributed by atoms with Gasteiger partial charge in [-0.3, -0.25) is 4.79 Å². The summed E-state index contributed by atoms with van der Waals surface area (Å²) in [5.74, 6) is 1.78. The minimum Gasteiger partial charge on any atom is -0.385 e. The van der Waals surface area contributed by atoms with Gasteiger partial charge in [-0.05, 0) is 56.2 Å². The Morgan fingerprint density at radius 1 is 1.15 bits per heavy atom. The van der Waals surface area contributed by atoms with E-state index in [-0.39, 0.29) is 11.2 Å². The predicted octanol–water partition coefficient (Wildman–Crippen LogP) is 3.69. The number of benzene rings is 1. The van der Waals surface area contributed by atoms with Crippen molar-refractivity contribution in [3.05, 3.63) is 60.4 Å². The van der Waals surface area contributed by atoms with Gasteiger partial charge in [0, 0.05) is 43.1 Å². The lowest BCUT2D eigenvalue weighted by Crippen LogP contribution is -2.37. The Labute approximate surface area is 204 Å². The summed E-state index contributed by atoms with van der Waals surface area (Å²) in [4.78, 5) is 25.5. The number of ether oxygens (including phenoxy) is 1. The third kappa shape index (κ3) is 5.84. The molecule has 2 aromatic heterocycles. The smallest absolute Gasteiger partial charge is 0.204 e. The number of rotatable bonds is 7. The maximum atomic E-state index is 8.58. The first-order valence-electron chi connectivity index (χ1n) is 11.5. The van der Waals surface area contributed by atoms with Gasteiger partial charge in [0.1, 0.15) is 5.82 Å². The first kappa shape index (κ1) is 24.0. The molecular weight excluding hydrogens is 448 g/mol. The van der Waals surface area contributed by atoms with Crippen LogP contribution in [0.5, 0.6) is 0 Å². The second kappa shape index (κ2) is 11.3. The number of anilines is 2. The molecule has 1 aliphatic heterocycles. The Kier molecular flexibility index (Phi) is 7.97. The molecule has 0 unspecified atom stereocenters. The highest BCUT2D eigenvalue weighted by Gasteiger charge is 2.48. The van der Waals surface area contributed by atoms with Crippen molar-refractivity contribution in [3.63, 3.8) is 0 Å². The lowest BCUT2D eigenvalue weighted by atomic mass is 10.1. The molecule has 9 heteroatoms. The maximum absolute atomic E-state index is 8.58. The lowest BCUT2D eigenvalue weighted by molar-refractivity contribution is -0.106. The fourth-order valence-electron chi connectivity index (χ4n) is 3.82. The second-order valence-electron chi connectivity index (χ2n) is 8.04. The van der Waals surface area contributed by atoms with Crippen LogP contribution in [0.3, 0.4) is 0 Å². The number of nitrogens with two attached hydrogens (primary N) is 1. The van der Waals surface area contributed by atoms with Crippen molar-refractivity contribution in [2.24, 2.45) is 5.73 Å². The molecule has 8 nitrogen and oxygen atoms in total. The van der Waals surface area contributed by atoms with E-state index < -0.39 is 0 Å². The van der Waals surface area contributed by atoms with Crippen LogP contribution in [0.15, 0.2) is 59.8 Å². The average Bonchev–Trinajstić information content (AvgIpc) is 3.67. The van der Waals surface area contributed by atoms with Crippen LogP contribution in [0.4, 0.5) is 11.5 Å². The van der Waals surface area contributed by atoms with E-state index in [1.165, 1.54) is 0 Å². The fourth-order valence-corrected chi connectivity index (χ4v) is 5.00. The largest absolute Gasteiger partial charge is 0.385 e. The van der Waals surface area contributed by atoms with Crippen molar-refractivity contribution < 1.29 is 9.53 Å². The molecule has 2 aliphatic rings. The highest BCUT2D eigenvalue weighted by molar-refractivity contribution is 8.00. The van der Waals surface area contributed by atoms with Crippen molar-refractivity contribution in [2.45, 2.75) is 29.5 Å². The van der Waals surface area contributed by atoms with E-state index in [0.717, 1.165) is 79.3 Å². The number of hydrogen-bond acceptors (Lipinski definition) is 8. The number of carbonyl (C=O) groups is 1. The summed E-state index contributed by atoms with van der Waals surface area (Å²) < 4.78 is 5.54. The molecule has 1 saturated heterocycles. The van der Waals surface area contributed by atoms with Crippen LogP contribution in [0.25, 0.3) is 11.4 Å². The Morgan fingerprint density at radius 3 is 2.50 bits per heavy atom. The van der Waals surface area contributed by atoms with Gasteiger partial charge in [-0.1, -0.05) is 17.8 Å². The van der Waals surface area contributed by atoms with Crippen molar-refractivity contribution in [1.29, 1.82) is 0 Å². The Morgan fingerprint density at radius 2 is 1.88 bits per heavy atom. The minimum absolute atomic E-state index is 0.0171. The van der Waals surface area contributed by atoms with E-state index in [4.69, 9.17) is 19.5 Å². The highest BCUT2D eigenvalue weighted by Crippen LogP contribution is 2.59. The number of pyridine rings is 1. The summed E-state index contributed by atoms with van der Waals surface area (Å²) in [6, 6.07) is 16.7. The molecule has 1 amide bonds. The molecule has 0 atom stereocenters. The van der Waals surface area contributed by atoms with Crippen molar-refractivity contribution in [3.8, 4) is 11.4 Å². The quantitative estimate of drug-likeness (QED) is 0.495. The minimum atomic E-state index is -0.0171. The first-order chi connectivity index (χ1) is 16.7. The van der Waals surface area contributed by atoms with Crippen LogP contribution in [0, 0.1) is 0 Å². The van der Waals surface area contributed by atoms with Gasteiger partial charge >= 0.3 is 0 Å². The van der Waals surface area contributed by atoms with Crippen molar-refractivity contribution in [2.75, 3.05) is 43.1 Å². The molecule has 3 heterocycles. The second-order valence-corrected chi connectivity index (χ2v) is 9.45. The standard InChI is InChI=1S/C24H27N5OS.CH3NO/c1-2-25-19-8-6-18(7-9-19)23-27-20(17-21(28-23)29-13-15-30-16-14-29)24(10-11-24)31-22-5-3-4-12-26-22;2-1-3/h3-9,12,17,25H,2,10-11,13-16H2,1H3;1H,(H2,2,3). The number of amides is 1. The van der Waals surface area contributed by atoms with E-state index in [0.29, 0.717) is 0 Å². The molecule has 2 fully saturated rings. The molecule has 3 aromatic rings. The summed E-state index contributed by atoms with van der Waals surface area (Å²) in [6.45, 7) is 6.19. The molecule has 5 rings (SSSR count). The number of aromatic nitrogens is 3. The lowest BCUT2D eigenvalue weighted by Gasteiger charge is -2.29. The molecule has 34 heavy (non-hydrogen) atoms. The van der Waals surface area contributed by atoms with Gasteiger partial charge in [0.25, 0.3) is 0 Å². The Hall–Kier alpha value is -3.17. The number of nitrogens with zero attached hydrogens (tertiary/aromatic N) is 4. The summed E-state index contributed by atoms with van der Waals surface area (Å²) in [5.41, 5.74) is 7.42. The van der Waals surface area contributed by atoms with Gasteiger partial charge in [-0.15, -0.1) is 0 Å². The zero-order chi connectivity index (χ0) is 23.8. The predicted molar refractivity (Wildman–Crippen MR) is 136 cm³/mol. The monoisotopic (exact) mass is 478 g/mol. The van der Waals surface area contributed by atoms with Crippen LogP contribution >= 0.6 is 11.8 Å². The molecule has 3 N–H and O–H groups in total. The maximum Gasteiger partial charge on any atom is 0.204 e. The van der Waals surface area contributed by atoms with Gasteiger partial charge in [-0.25, -0.2) is 15.0 Å². The summed E-state index contributed by atoms with van der Waals surface area (Å²) >= 11 is 1.82. The van der Waals surface area contributed by atoms with E-state index in [1.54, 1.807) is 0 Å². The van der Waals surface area contributed by atoms with Crippen LogP contribution < -0.4 is 16.0 Å². The molecule has 1 aromatic carbocycles.